The van der Waals surface area contributed by atoms with E-state index in [0.29, 0.717) is 76.8 Å². The summed E-state index contributed by atoms with van der Waals surface area (Å²) in [6.07, 6.45) is 8.59. The molecule has 0 radical (unpaired) electrons. The summed E-state index contributed by atoms with van der Waals surface area (Å²) in [6, 6.07) is 7.32. The molecule has 1 aliphatic heterocycles. The van der Waals surface area contributed by atoms with Gasteiger partial charge < -0.3 is 49.5 Å². The average Bonchev–Trinajstić information content (AvgIpc) is 3.10. The third kappa shape index (κ3) is 27.7. The molecule has 0 unspecified atom stereocenters. The van der Waals surface area contributed by atoms with Gasteiger partial charge in [-0.2, -0.15) is 12.8 Å². The molecule has 0 atom stereocenters. The molecule has 1 heterocycles. The van der Waals surface area contributed by atoms with Crippen molar-refractivity contribution in [2.45, 2.75) is 53.0 Å². The maximum atomic E-state index is 12.0. The Labute approximate surface area is 343 Å². The van der Waals surface area contributed by atoms with Gasteiger partial charge in [0.25, 0.3) is 5.91 Å². The Hall–Kier alpha value is -2.86. The molecule has 54 heavy (non-hydrogen) atoms. The molecular weight excluding hydrogens is 776 g/mol. The van der Waals surface area contributed by atoms with Crippen LogP contribution in [0.5, 0.6) is 0 Å². The van der Waals surface area contributed by atoms with E-state index in [-0.39, 0.29) is 73.6 Å². The van der Waals surface area contributed by atoms with Crippen molar-refractivity contribution in [3.63, 3.8) is 0 Å². The van der Waals surface area contributed by atoms with Crippen LogP contribution in [-0.4, -0.2) is 157 Å². The van der Waals surface area contributed by atoms with Crippen LogP contribution in [0.3, 0.4) is 0 Å². The Bertz CT molecular complexity index is 1160. The number of carboxylic acids is 3. The summed E-state index contributed by atoms with van der Waals surface area (Å²) in [7, 11) is 0. The number of hydrogen-bond acceptors (Lipinski definition) is 10. The van der Waals surface area contributed by atoms with Crippen LogP contribution in [0.4, 0.5) is 0 Å². The monoisotopic (exact) mass is 838 g/mol. The number of carbonyl (C=O) groups excluding carboxylic acids is 3. The number of aldehydes is 1. The summed E-state index contributed by atoms with van der Waals surface area (Å²) in [5.41, 5.74) is 1.65. The van der Waals surface area contributed by atoms with Crippen LogP contribution in [0, 0.1) is 25.7 Å². The number of hydrogen-bond donors (Lipinski definition) is 5. The first-order valence-corrected chi connectivity index (χ1v) is 17.7. The minimum Gasteiger partial charge on any atom is -0.480 e. The van der Waals surface area contributed by atoms with E-state index in [9.17, 15) is 28.8 Å². The molecule has 17 heteroatoms. The topological polar surface area (TPSA) is 200 Å². The van der Waals surface area contributed by atoms with Crippen molar-refractivity contribution in [2.75, 3.05) is 85.1 Å². The van der Waals surface area contributed by atoms with Crippen molar-refractivity contribution < 1.29 is 78.8 Å². The molecule has 2 fully saturated rings. The second-order valence-electron chi connectivity index (χ2n) is 13.0. The summed E-state index contributed by atoms with van der Waals surface area (Å²) in [5, 5.41) is 32.8. The van der Waals surface area contributed by atoms with E-state index in [2.05, 4.69) is 22.0 Å². The van der Waals surface area contributed by atoms with Gasteiger partial charge in [0.05, 0.1) is 19.6 Å². The zero-order valence-corrected chi connectivity index (χ0v) is 34.9. The van der Waals surface area contributed by atoms with Crippen LogP contribution in [0.1, 0.15) is 62.4 Å². The Balaban J connectivity index is -0.000000830. The number of rotatable bonds is 14. The van der Waals surface area contributed by atoms with Gasteiger partial charge in [-0.25, -0.2) is 0 Å². The van der Waals surface area contributed by atoms with E-state index in [4.69, 9.17) is 15.3 Å². The van der Waals surface area contributed by atoms with E-state index in [1.54, 1.807) is 17.0 Å². The van der Waals surface area contributed by atoms with Gasteiger partial charge in [-0.1, -0.05) is 45.7 Å². The normalized spacial score (nSPS) is 16.3. The van der Waals surface area contributed by atoms with Crippen molar-refractivity contribution in [1.29, 1.82) is 0 Å². The Kier molecular flexibility index (Phi) is 34.4. The fraction of sp³-hybridized carbons (Fsp3) is 0.622. The van der Waals surface area contributed by atoms with Crippen molar-refractivity contribution in [3.8, 4) is 0 Å². The predicted molar refractivity (Wildman–Crippen MR) is 200 cm³/mol. The average molecular weight is 839 g/mol. The van der Waals surface area contributed by atoms with E-state index >= 15 is 0 Å². The van der Waals surface area contributed by atoms with Crippen LogP contribution < -0.4 is 10.6 Å². The molecule has 0 aromatic heterocycles. The van der Waals surface area contributed by atoms with Crippen LogP contribution in [0.25, 0.3) is 0 Å². The smallest absolute Gasteiger partial charge is 0.317 e. The molecule has 1 saturated heterocycles. The summed E-state index contributed by atoms with van der Waals surface area (Å²) >= 11 is 0. The van der Waals surface area contributed by atoms with Gasteiger partial charge in [-0.05, 0) is 30.2 Å². The molecule has 1 aliphatic carbocycles. The van der Waals surface area contributed by atoms with Gasteiger partial charge in [0.1, 0.15) is 6.29 Å². The molecule has 1 aromatic carbocycles. The molecule has 1 saturated carbocycles. The number of nitrogens with zero attached hydrogens (tertiary/aromatic N) is 4. The summed E-state index contributed by atoms with van der Waals surface area (Å²) in [4.78, 5) is 72.5. The molecule has 5 N–H and O–H groups in total. The zero-order valence-electron chi connectivity index (χ0n) is 32.3. The van der Waals surface area contributed by atoms with Gasteiger partial charge in [0.15, 0.2) is 0 Å². The van der Waals surface area contributed by atoms with Gasteiger partial charge >= 0.3 is 17.9 Å². The van der Waals surface area contributed by atoms with E-state index < -0.39 is 17.9 Å². The Morgan fingerprint density at radius 2 is 1.15 bits per heavy atom. The van der Waals surface area contributed by atoms with Crippen molar-refractivity contribution in [2.24, 2.45) is 11.8 Å². The number of benzene rings is 1. The van der Waals surface area contributed by atoms with Gasteiger partial charge in [0, 0.05) is 112 Å². The second-order valence-corrected chi connectivity index (χ2v) is 13.0. The fourth-order valence-corrected chi connectivity index (χ4v) is 5.42. The van der Waals surface area contributed by atoms with Gasteiger partial charge in [0.2, 0.25) is 6.41 Å². The molecule has 0 bridgehead atoms. The number of nitrogens with one attached hydrogen (secondary N) is 2. The first-order valence-electron chi connectivity index (χ1n) is 17.7. The minimum atomic E-state index is -0.955. The molecule has 2 aliphatic rings. The number of aliphatic carboxylic acids is 3. The summed E-state index contributed by atoms with van der Waals surface area (Å²) < 4.78 is 0. The SMILES string of the molecule is CC(C)C=O.CCN1CCN(CC(=O)O)CCN(CC(=O)O)CCN(CC(=O)O)CC1.O=CNCc1ccc(C(=O)NCC2CC[CH-]CC2)cc1.[CH3-].[Cr].[Cr]. The third-order valence-electron chi connectivity index (χ3n) is 8.44. The maximum Gasteiger partial charge on any atom is 0.317 e. The summed E-state index contributed by atoms with van der Waals surface area (Å²) in [5.74, 6) is -1.97. The fourth-order valence-electron chi connectivity index (χ4n) is 5.42. The first kappa shape index (κ1) is 55.5. The van der Waals surface area contributed by atoms with Crippen molar-refractivity contribution in [3.05, 3.63) is 49.2 Å². The largest absolute Gasteiger partial charge is 0.480 e. The molecule has 2 amide bonds. The van der Waals surface area contributed by atoms with Gasteiger partial charge in [-0.3, -0.25) is 38.7 Å². The maximum absolute atomic E-state index is 12.0. The van der Waals surface area contributed by atoms with E-state index in [1.807, 2.05) is 42.7 Å². The number of carbonyl (C=O) groups is 6. The minimum absolute atomic E-state index is 0. The molecule has 1 aromatic rings. The predicted octanol–water partition coefficient (Wildman–Crippen LogP) is 1.83. The number of likely N-dealkylation sites (N-methyl/N-ethyl adjacent to an activating group) is 1. The summed E-state index contributed by atoms with van der Waals surface area (Å²) in [6.45, 7) is 11.7. The molecule has 308 valence electrons. The van der Waals surface area contributed by atoms with Crippen LogP contribution >= 0.6 is 0 Å². The number of carboxylic acid groups (broad SMARTS) is 3. The van der Waals surface area contributed by atoms with Crippen LogP contribution in [0.15, 0.2) is 24.3 Å². The van der Waals surface area contributed by atoms with Crippen molar-refractivity contribution in [1.82, 2.24) is 30.2 Å². The Morgan fingerprint density at radius 3 is 1.48 bits per heavy atom. The van der Waals surface area contributed by atoms with E-state index in [1.165, 1.54) is 25.7 Å². The zero-order chi connectivity index (χ0) is 38.0. The van der Waals surface area contributed by atoms with Crippen LogP contribution in [0.2, 0.25) is 0 Å². The van der Waals surface area contributed by atoms with Crippen molar-refractivity contribution >= 4 is 36.5 Å². The molecule has 0 spiro atoms. The molecule has 3 rings (SSSR count). The quantitative estimate of drug-likeness (QED) is 0.135. The standard InChI is InChI=1S/C16H30N4O6.C16H21N2O2.C4H8O.CH3.2Cr/c1-2-17-3-5-18(11-14(21)22)7-9-20(13-16(25)26)10-8-19(6-4-17)12-15(23)24;19-12-17-10-14-6-8-15(9-7-14)16(20)18-11-13-4-2-1-3-5-13;1-4(2)3-5;;;/h2-13H2,1H3,(H,21,22)(H,23,24)(H,25,26);1,6-9,12-13H,2-5,10-11H2,(H,17,19)(H,18,20);3-4H,1-2H3;1H3;;/q;-1;;-1;;. The molecule has 15 nitrogen and oxygen atoms in total. The second kappa shape index (κ2) is 33.5. The Morgan fingerprint density at radius 1 is 0.759 bits per heavy atom. The van der Waals surface area contributed by atoms with Crippen LogP contribution in [-0.2, 0) is 65.2 Å². The van der Waals surface area contributed by atoms with Gasteiger partial charge in [-0.15, -0.1) is 0 Å². The van der Waals surface area contributed by atoms with E-state index in [0.717, 1.165) is 24.9 Å². The third-order valence-corrected chi connectivity index (χ3v) is 8.44. The first-order chi connectivity index (χ1) is 24.4. The molecular formula is C37H62Cr2N6O9-2. The number of amides is 2.